The van der Waals surface area contributed by atoms with Crippen molar-refractivity contribution < 1.29 is 13.2 Å². The van der Waals surface area contributed by atoms with Gasteiger partial charge in [-0.3, -0.25) is 4.79 Å². The molecule has 1 aliphatic heterocycles. The summed E-state index contributed by atoms with van der Waals surface area (Å²) in [6.45, 7) is 1.40. The van der Waals surface area contributed by atoms with E-state index in [0.29, 0.717) is 31.0 Å². The minimum absolute atomic E-state index is 0.0214. The molecule has 0 saturated carbocycles. The molecule has 1 saturated heterocycles. The van der Waals surface area contributed by atoms with Crippen LogP contribution in [0.3, 0.4) is 0 Å². The molecule has 5 nitrogen and oxygen atoms in total. The molecule has 0 radical (unpaired) electrons. The second-order valence-corrected chi connectivity index (χ2v) is 10.1. The Labute approximate surface area is 173 Å². The summed E-state index contributed by atoms with van der Waals surface area (Å²) in [6.07, 6.45) is 5.40. The fourth-order valence-corrected chi connectivity index (χ4v) is 5.91. The Bertz CT molecular complexity index is 973. The van der Waals surface area contributed by atoms with E-state index < -0.39 is 10.0 Å². The van der Waals surface area contributed by atoms with E-state index in [4.69, 9.17) is 0 Å². The van der Waals surface area contributed by atoms with Gasteiger partial charge in [-0.2, -0.15) is 4.31 Å². The van der Waals surface area contributed by atoms with Gasteiger partial charge in [0.1, 0.15) is 0 Å². The number of fused-ring (bicyclic) bond motifs is 1. The van der Waals surface area contributed by atoms with Crippen molar-refractivity contribution in [3.8, 4) is 0 Å². The standard InChI is InChI=1S/C23H28N2O3S/c26-23(24-16-18-6-2-1-3-7-18)14-19-12-13-25(17-19)29(27,28)22-11-10-20-8-4-5-9-21(20)15-22/h1-3,6-7,10-11,15,19H,4-5,8-9,12-14,16-17H2,(H,24,26). The molecule has 29 heavy (non-hydrogen) atoms. The molecule has 1 amide bonds. The molecule has 1 unspecified atom stereocenters. The van der Waals surface area contributed by atoms with Gasteiger partial charge >= 0.3 is 0 Å². The van der Waals surface area contributed by atoms with Crippen LogP contribution in [0.4, 0.5) is 0 Å². The normalized spacial score (nSPS) is 19.7. The van der Waals surface area contributed by atoms with Crippen LogP contribution in [0.2, 0.25) is 0 Å². The third-order valence-corrected chi connectivity index (χ3v) is 7.87. The molecule has 4 rings (SSSR count). The van der Waals surface area contributed by atoms with Crippen LogP contribution in [-0.2, 0) is 34.2 Å². The molecule has 1 N–H and O–H groups in total. The molecule has 0 bridgehead atoms. The molecule has 2 aliphatic rings. The molecule has 1 aliphatic carbocycles. The van der Waals surface area contributed by atoms with E-state index in [-0.39, 0.29) is 11.8 Å². The number of aryl methyl sites for hydroxylation is 2. The van der Waals surface area contributed by atoms with Gasteiger partial charge in [-0.1, -0.05) is 36.4 Å². The average Bonchev–Trinajstić information content (AvgIpc) is 3.22. The van der Waals surface area contributed by atoms with Crippen molar-refractivity contribution in [2.75, 3.05) is 13.1 Å². The Morgan fingerprint density at radius 3 is 2.59 bits per heavy atom. The predicted octanol–water partition coefficient (Wildman–Crippen LogP) is 3.28. The van der Waals surface area contributed by atoms with Crippen molar-refractivity contribution in [2.45, 2.75) is 50.0 Å². The zero-order valence-electron chi connectivity index (χ0n) is 16.6. The number of nitrogens with zero attached hydrogens (tertiary/aromatic N) is 1. The maximum Gasteiger partial charge on any atom is 0.243 e. The van der Waals surface area contributed by atoms with Gasteiger partial charge in [0.05, 0.1) is 4.90 Å². The fraction of sp³-hybridized carbons (Fsp3) is 0.435. The van der Waals surface area contributed by atoms with Gasteiger partial charge in [0, 0.05) is 26.1 Å². The first kappa shape index (κ1) is 20.1. The third-order valence-electron chi connectivity index (χ3n) is 6.01. The molecule has 154 valence electrons. The van der Waals surface area contributed by atoms with Gasteiger partial charge in [-0.15, -0.1) is 0 Å². The maximum atomic E-state index is 13.1. The lowest BCUT2D eigenvalue weighted by Crippen LogP contribution is -2.30. The summed E-state index contributed by atoms with van der Waals surface area (Å²) in [5.74, 6) is 0.0463. The van der Waals surface area contributed by atoms with Gasteiger partial charge in [0.25, 0.3) is 0 Å². The van der Waals surface area contributed by atoms with Crippen LogP contribution in [0.25, 0.3) is 0 Å². The second-order valence-electron chi connectivity index (χ2n) is 8.12. The molecular formula is C23H28N2O3S. The lowest BCUT2D eigenvalue weighted by Gasteiger charge is -2.20. The number of amides is 1. The van der Waals surface area contributed by atoms with Gasteiger partial charge < -0.3 is 5.32 Å². The highest BCUT2D eigenvalue weighted by Gasteiger charge is 2.33. The molecule has 0 spiro atoms. The van der Waals surface area contributed by atoms with Crippen molar-refractivity contribution in [3.05, 3.63) is 65.2 Å². The summed E-state index contributed by atoms with van der Waals surface area (Å²) in [4.78, 5) is 12.7. The first-order valence-corrected chi connectivity index (χ1v) is 11.9. The summed E-state index contributed by atoms with van der Waals surface area (Å²) < 4.78 is 27.7. The summed E-state index contributed by atoms with van der Waals surface area (Å²) in [7, 11) is -3.49. The average molecular weight is 413 g/mol. The van der Waals surface area contributed by atoms with Crippen molar-refractivity contribution in [3.63, 3.8) is 0 Å². The Kier molecular flexibility index (Phi) is 6.01. The topological polar surface area (TPSA) is 66.5 Å². The number of rotatable bonds is 6. The van der Waals surface area contributed by atoms with Crippen molar-refractivity contribution in [1.29, 1.82) is 0 Å². The number of sulfonamides is 1. The smallest absolute Gasteiger partial charge is 0.243 e. The van der Waals surface area contributed by atoms with E-state index in [0.717, 1.165) is 31.2 Å². The van der Waals surface area contributed by atoms with Crippen LogP contribution in [0.15, 0.2) is 53.4 Å². The van der Waals surface area contributed by atoms with Crippen LogP contribution in [0, 0.1) is 5.92 Å². The lowest BCUT2D eigenvalue weighted by molar-refractivity contribution is -0.122. The molecule has 1 fully saturated rings. The predicted molar refractivity (Wildman–Crippen MR) is 113 cm³/mol. The molecule has 1 heterocycles. The number of carbonyl (C=O) groups excluding carboxylic acids is 1. The monoisotopic (exact) mass is 412 g/mol. The number of hydrogen-bond acceptors (Lipinski definition) is 3. The molecule has 1 atom stereocenters. The largest absolute Gasteiger partial charge is 0.352 e. The Hall–Kier alpha value is -2.18. The molecule has 2 aromatic carbocycles. The molecule has 0 aromatic heterocycles. The van der Waals surface area contributed by atoms with Gasteiger partial charge in [-0.05, 0) is 66.8 Å². The quantitative estimate of drug-likeness (QED) is 0.792. The lowest BCUT2D eigenvalue weighted by atomic mass is 9.92. The maximum absolute atomic E-state index is 13.1. The fourth-order valence-electron chi connectivity index (χ4n) is 4.33. The Morgan fingerprint density at radius 1 is 1.03 bits per heavy atom. The van der Waals surface area contributed by atoms with Crippen LogP contribution in [0.5, 0.6) is 0 Å². The SMILES string of the molecule is O=C(CC1CCN(S(=O)(=O)c2ccc3c(c2)CCCC3)C1)NCc1ccccc1. The Balaban J connectivity index is 1.34. The number of hydrogen-bond donors (Lipinski definition) is 1. The van der Waals surface area contributed by atoms with Crippen LogP contribution >= 0.6 is 0 Å². The van der Waals surface area contributed by atoms with E-state index in [1.807, 2.05) is 42.5 Å². The van der Waals surface area contributed by atoms with Crippen LogP contribution in [-0.4, -0.2) is 31.7 Å². The number of nitrogens with one attached hydrogen (secondary N) is 1. The van der Waals surface area contributed by atoms with Gasteiger partial charge in [0.2, 0.25) is 15.9 Å². The van der Waals surface area contributed by atoms with E-state index in [9.17, 15) is 13.2 Å². The highest BCUT2D eigenvalue weighted by atomic mass is 32.2. The summed E-state index contributed by atoms with van der Waals surface area (Å²) >= 11 is 0. The van der Waals surface area contributed by atoms with E-state index in [1.165, 1.54) is 17.5 Å². The van der Waals surface area contributed by atoms with Crippen molar-refractivity contribution in [1.82, 2.24) is 9.62 Å². The summed E-state index contributed by atoms with van der Waals surface area (Å²) in [5, 5.41) is 2.94. The Morgan fingerprint density at radius 2 is 1.79 bits per heavy atom. The molecule has 6 heteroatoms. The zero-order chi connectivity index (χ0) is 20.3. The molecule has 2 aromatic rings. The first-order valence-electron chi connectivity index (χ1n) is 10.4. The number of carbonyl (C=O) groups is 1. The van der Waals surface area contributed by atoms with E-state index >= 15 is 0 Å². The first-order chi connectivity index (χ1) is 14.0. The van der Waals surface area contributed by atoms with Gasteiger partial charge in [-0.25, -0.2) is 8.42 Å². The highest BCUT2D eigenvalue weighted by Crippen LogP contribution is 2.29. The molecular weight excluding hydrogens is 384 g/mol. The third kappa shape index (κ3) is 4.70. The van der Waals surface area contributed by atoms with Crippen LogP contribution in [0.1, 0.15) is 42.4 Å². The minimum atomic E-state index is -3.49. The summed E-state index contributed by atoms with van der Waals surface area (Å²) in [5.41, 5.74) is 3.52. The minimum Gasteiger partial charge on any atom is -0.352 e. The van der Waals surface area contributed by atoms with Crippen molar-refractivity contribution in [2.24, 2.45) is 5.92 Å². The van der Waals surface area contributed by atoms with E-state index in [2.05, 4.69) is 5.32 Å². The van der Waals surface area contributed by atoms with Crippen molar-refractivity contribution >= 4 is 15.9 Å². The van der Waals surface area contributed by atoms with Gasteiger partial charge in [0.15, 0.2) is 0 Å². The zero-order valence-corrected chi connectivity index (χ0v) is 17.5. The highest BCUT2D eigenvalue weighted by molar-refractivity contribution is 7.89. The number of benzene rings is 2. The van der Waals surface area contributed by atoms with Crippen LogP contribution < -0.4 is 5.32 Å². The summed E-state index contributed by atoms with van der Waals surface area (Å²) in [6, 6.07) is 15.4. The second kappa shape index (κ2) is 8.67. The van der Waals surface area contributed by atoms with E-state index in [1.54, 1.807) is 10.4 Å².